The van der Waals surface area contributed by atoms with Crippen LogP contribution in [0.25, 0.3) is 0 Å². The van der Waals surface area contributed by atoms with Crippen molar-refractivity contribution in [3.05, 3.63) is 41.6 Å². The Morgan fingerprint density at radius 1 is 1.45 bits per heavy atom. The van der Waals surface area contributed by atoms with Gasteiger partial charge < -0.3 is 9.32 Å². The van der Waals surface area contributed by atoms with E-state index >= 15 is 0 Å². The van der Waals surface area contributed by atoms with E-state index in [-0.39, 0.29) is 17.6 Å². The number of H-pyrrole nitrogens is 1. The van der Waals surface area contributed by atoms with E-state index < -0.39 is 11.9 Å². The van der Waals surface area contributed by atoms with Gasteiger partial charge in [0.15, 0.2) is 11.5 Å². The van der Waals surface area contributed by atoms with Gasteiger partial charge in [-0.2, -0.15) is 18.3 Å². The number of carbonyl (C=O) groups is 1. The van der Waals surface area contributed by atoms with Crippen LogP contribution in [0.2, 0.25) is 0 Å². The van der Waals surface area contributed by atoms with Gasteiger partial charge in [0.25, 0.3) is 5.91 Å². The molecule has 5 nitrogen and oxygen atoms in total. The van der Waals surface area contributed by atoms with Crippen molar-refractivity contribution in [1.82, 2.24) is 15.1 Å². The summed E-state index contributed by atoms with van der Waals surface area (Å²) >= 11 is 0. The molecule has 1 fully saturated rings. The summed E-state index contributed by atoms with van der Waals surface area (Å²) in [7, 11) is 0. The fraction of sp³-hybridized carbons (Fsp3) is 0.429. The Labute approximate surface area is 124 Å². The first-order valence-corrected chi connectivity index (χ1v) is 6.90. The average Bonchev–Trinajstić information content (AvgIpc) is 3.17. The maximum absolute atomic E-state index is 12.6. The molecule has 3 heterocycles. The van der Waals surface area contributed by atoms with E-state index in [0.29, 0.717) is 25.2 Å². The molecule has 118 valence electrons. The van der Waals surface area contributed by atoms with Gasteiger partial charge in [-0.15, -0.1) is 0 Å². The van der Waals surface area contributed by atoms with E-state index in [1.54, 1.807) is 17.0 Å². The zero-order valence-electron chi connectivity index (χ0n) is 11.6. The molecule has 0 unspecified atom stereocenters. The molecule has 22 heavy (non-hydrogen) atoms. The molecule has 3 rings (SSSR count). The summed E-state index contributed by atoms with van der Waals surface area (Å²) in [6, 6.07) is 4.22. The minimum Gasteiger partial charge on any atom is -0.459 e. The van der Waals surface area contributed by atoms with Gasteiger partial charge in [-0.1, -0.05) is 0 Å². The van der Waals surface area contributed by atoms with Crippen LogP contribution in [-0.2, 0) is 6.18 Å². The third-order valence-corrected chi connectivity index (χ3v) is 3.77. The van der Waals surface area contributed by atoms with Crippen LogP contribution in [0, 0.1) is 0 Å². The molecule has 1 N–H and O–H groups in total. The van der Waals surface area contributed by atoms with Gasteiger partial charge >= 0.3 is 6.18 Å². The number of nitrogens with zero attached hydrogens (tertiary/aromatic N) is 2. The maximum Gasteiger partial charge on any atom is 0.435 e. The minimum atomic E-state index is -4.47. The topological polar surface area (TPSA) is 62.1 Å². The van der Waals surface area contributed by atoms with E-state index in [4.69, 9.17) is 4.42 Å². The number of nitrogens with one attached hydrogen (secondary N) is 1. The highest BCUT2D eigenvalue weighted by Crippen LogP contribution is 2.32. The van der Waals surface area contributed by atoms with E-state index in [9.17, 15) is 18.0 Å². The van der Waals surface area contributed by atoms with Crippen molar-refractivity contribution in [3.8, 4) is 0 Å². The normalized spacial score (nSPS) is 19.4. The highest BCUT2D eigenvalue weighted by molar-refractivity contribution is 5.91. The Morgan fingerprint density at radius 3 is 2.91 bits per heavy atom. The molecule has 0 aromatic carbocycles. The Morgan fingerprint density at radius 2 is 2.27 bits per heavy atom. The number of aromatic nitrogens is 2. The van der Waals surface area contributed by atoms with Gasteiger partial charge in [-0.25, -0.2) is 0 Å². The number of carbonyl (C=O) groups excluding carboxylic acids is 1. The van der Waals surface area contributed by atoms with Crippen molar-refractivity contribution >= 4 is 5.91 Å². The van der Waals surface area contributed by atoms with E-state index in [1.807, 2.05) is 0 Å². The molecule has 1 aliphatic rings. The molecule has 0 spiro atoms. The molecular formula is C14H14F3N3O2. The predicted molar refractivity (Wildman–Crippen MR) is 70.2 cm³/mol. The number of likely N-dealkylation sites (tertiary alicyclic amines) is 1. The van der Waals surface area contributed by atoms with Gasteiger partial charge in [0.2, 0.25) is 0 Å². The zero-order chi connectivity index (χ0) is 15.7. The number of hydrogen-bond acceptors (Lipinski definition) is 3. The summed E-state index contributed by atoms with van der Waals surface area (Å²) in [6.45, 7) is 0.912. The third-order valence-electron chi connectivity index (χ3n) is 3.77. The van der Waals surface area contributed by atoms with Crippen molar-refractivity contribution in [3.63, 3.8) is 0 Å². The summed E-state index contributed by atoms with van der Waals surface area (Å²) < 4.78 is 42.9. The standard InChI is InChI=1S/C14H14F3N3O2/c15-14(16,17)12-7-10(18-19-12)9-3-1-5-20(8-9)13(21)11-4-2-6-22-11/h2,4,6-7,9H,1,3,5,8H2,(H,18,19)/t9-/m1/s1. The lowest BCUT2D eigenvalue weighted by Crippen LogP contribution is -2.39. The first kappa shape index (κ1) is 14.7. The molecule has 2 aromatic rings. The first-order chi connectivity index (χ1) is 10.4. The van der Waals surface area contributed by atoms with Crippen LogP contribution in [0.15, 0.2) is 28.9 Å². The Bertz CT molecular complexity index is 649. The summed E-state index contributed by atoms with van der Waals surface area (Å²) in [4.78, 5) is 13.8. The molecule has 1 atom stereocenters. The van der Waals surface area contributed by atoms with Crippen molar-refractivity contribution < 1.29 is 22.4 Å². The molecule has 1 amide bonds. The lowest BCUT2D eigenvalue weighted by molar-refractivity contribution is -0.141. The van der Waals surface area contributed by atoms with Crippen LogP contribution in [0.4, 0.5) is 13.2 Å². The molecule has 0 saturated carbocycles. The molecule has 0 radical (unpaired) electrons. The molecule has 8 heteroatoms. The van der Waals surface area contributed by atoms with E-state index in [2.05, 4.69) is 10.2 Å². The minimum absolute atomic E-state index is 0.184. The molecular weight excluding hydrogens is 299 g/mol. The van der Waals surface area contributed by atoms with Crippen LogP contribution < -0.4 is 0 Å². The second-order valence-corrected chi connectivity index (χ2v) is 5.27. The van der Waals surface area contributed by atoms with Crippen molar-refractivity contribution in [2.45, 2.75) is 24.9 Å². The molecule has 2 aromatic heterocycles. The van der Waals surface area contributed by atoms with Crippen LogP contribution in [-0.4, -0.2) is 34.1 Å². The summed E-state index contributed by atoms with van der Waals surface area (Å²) in [5, 5.41) is 5.76. The quantitative estimate of drug-likeness (QED) is 0.927. The van der Waals surface area contributed by atoms with E-state index in [0.717, 1.165) is 12.5 Å². The Balaban J connectivity index is 1.73. The van der Waals surface area contributed by atoms with Crippen LogP contribution in [0.5, 0.6) is 0 Å². The van der Waals surface area contributed by atoms with Crippen molar-refractivity contribution in [2.24, 2.45) is 0 Å². The molecule has 0 aliphatic carbocycles. The highest BCUT2D eigenvalue weighted by Gasteiger charge is 2.35. The van der Waals surface area contributed by atoms with Crippen LogP contribution >= 0.6 is 0 Å². The van der Waals surface area contributed by atoms with Crippen molar-refractivity contribution in [1.29, 1.82) is 0 Å². The van der Waals surface area contributed by atoms with Gasteiger partial charge in [0, 0.05) is 24.7 Å². The monoisotopic (exact) mass is 313 g/mol. The van der Waals surface area contributed by atoms with Gasteiger partial charge in [-0.3, -0.25) is 9.89 Å². The fourth-order valence-electron chi connectivity index (χ4n) is 2.66. The largest absolute Gasteiger partial charge is 0.459 e. The second-order valence-electron chi connectivity index (χ2n) is 5.27. The number of alkyl halides is 3. The smallest absolute Gasteiger partial charge is 0.435 e. The maximum atomic E-state index is 12.6. The van der Waals surface area contributed by atoms with Gasteiger partial charge in [0.1, 0.15) is 0 Å². The molecule has 0 bridgehead atoms. The number of furan rings is 1. The third kappa shape index (κ3) is 2.86. The number of piperidine rings is 1. The number of halogens is 3. The van der Waals surface area contributed by atoms with Gasteiger partial charge in [0.05, 0.1) is 6.26 Å². The highest BCUT2D eigenvalue weighted by atomic mass is 19.4. The SMILES string of the molecule is O=C(c1ccco1)N1CCC[C@@H](c2cc(C(F)(F)F)n[nH]2)C1. The Hall–Kier alpha value is -2.25. The van der Waals surface area contributed by atoms with Crippen LogP contribution in [0.1, 0.15) is 40.7 Å². The molecule has 1 saturated heterocycles. The average molecular weight is 313 g/mol. The fourth-order valence-corrected chi connectivity index (χ4v) is 2.66. The first-order valence-electron chi connectivity index (χ1n) is 6.90. The second kappa shape index (κ2) is 5.51. The van der Waals surface area contributed by atoms with Crippen LogP contribution in [0.3, 0.4) is 0 Å². The van der Waals surface area contributed by atoms with E-state index in [1.165, 1.54) is 6.26 Å². The number of hydrogen-bond donors (Lipinski definition) is 1. The number of amides is 1. The molecule has 1 aliphatic heterocycles. The zero-order valence-corrected chi connectivity index (χ0v) is 11.6. The number of aromatic amines is 1. The Kier molecular flexibility index (Phi) is 3.67. The lowest BCUT2D eigenvalue weighted by atomic mass is 9.94. The number of rotatable bonds is 2. The predicted octanol–water partition coefficient (Wildman–Crippen LogP) is 3.04. The van der Waals surface area contributed by atoms with Gasteiger partial charge in [-0.05, 0) is 31.0 Å². The summed E-state index contributed by atoms with van der Waals surface area (Å²) in [5.41, 5.74) is -0.527. The summed E-state index contributed by atoms with van der Waals surface area (Å²) in [5.74, 6) is -0.192. The van der Waals surface area contributed by atoms with Crippen molar-refractivity contribution in [2.75, 3.05) is 13.1 Å². The lowest BCUT2D eigenvalue weighted by Gasteiger charge is -2.31. The summed E-state index contributed by atoms with van der Waals surface area (Å²) in [6.07, 6.45) is -1.62.